The third-order valence-corrected chi connectivity index (χ3v) is 5.96. The Morgan fingerprint density at radius 2 is 1.68 bits per heavy atom. The molecule has 0 N–H and O–H groups in total. The van der Waals surface area contributed by atoms with Gasteiger partial charge in [0.1, 0.15) is 17.5 Å². The van der Waals surface area contributed by atoms with E-state index in [0.29, 0.717) is 17.0 Å². The van der Waals surface area contributed by atoms with Crippen LogP contribution in [0.3, 0.4) is 0 Å². The van der Waals surface area contributed by atoms with Crippen LogP contribution in [-0.2, 0) is 14.4 Å². The number of rotatable bonds is 8. The lowest BCUT2D eigenvalue weighted by Crippen LogP contribution is -2.31. The Labute approximate surface area is 188 Å². The third-order valence-electron chi connectivity index (χ3n) is 5.21. The number of ether oxygens (including phenoxy) is 1. The molecule has 5 nitrogen and oxygen atoms in total. The monoisotopic (exact) mass is 439 g/mol. The fraction of sp³-hybridized carbons (Fsp3) is 0.400. The lowest BCUT2D eigenvalue weighted by molar-refractivity contribution is -0.139. The summed E-state index contributed by atoms with van der Waals surface area (Å²) in [5.74, 6) is -1.88. The fourth-order valence-electron chi connectivity index (χ4n) is 3.95. The number of hydrogen-bond acceptors (Lipinski definition) is 5. The molecule has 1 fully saturated rings. The first-order valence-electron chi connectivity index (χ1n) is 10.5. The molecule has 3 rings (SSSR count). The van der Waals surface area contributed by atoms with Crippen LogP contribution in [0.1, 0.15) is 45.7 Å². The molecule has 0 saturated carbocycles. The Morgan fingerprint density at radius 3 is 2.26 bits per heavy atom. The van der Waals surface area contributed by atoms with Gasteiger partial charge in [-0.1, -0.05) is 32.0 Å². The molecule has 2 atom stereocenters. The second-order valence-electron chi connectivity index (χ2n) is 8.43. The molecular weight excluding hydrogens is 410 g/mol. The molecule has 1 aliphatic heterocycles. The Bertz CT molecular complexity index is 968. The smallest absolute Gasteiger partial charge is 0.295 e. The Hall–Kier alpha value is -2.60. The molecule has 0 aliphatic carbocycles. The summed E-state index contributed by atoms with van der Waals surface area (Å²) in [6.45, 7) is 7.70. The van der Waals surface area contributed by atoms with Gasteiger partial charge in [-0.15, -0.1) is 11.8 Å². The zero-order valence-electron chi connectivity index (χ0n) is 18.6. The number of carbonyl (C=O) groups excluding carboxylic acids is 3. The van der Waals surface area contributed by atoms with Crippen LogP contribution in [0.15, 0.2) is 53.4 Å². The molecule has 1 heterocycles. The van der Waals surface area contributed by atoms with Crippen LogP contribution < -0.4 is 9.64 Å². The number of hydrogen-bond donors (Lipinski definition) is 0. The predicted octanol–water partition coefficient (Wildman–Crippen LogP) is 5.08. The van der Waals surface area contributed by atoms with Crippen LogP contribution in [0.2, 0.25) is 0 Å². The number of thioether (sulfide) groups is 1. The summed E-state index contributed by atoms with van der Waals surface area (Å²) in [4.78, 5) is 41.9. The summed E-state index contributed by atoms with van der Waals surface area (Å²) in [7, 11) is 0. The SMILES string of the molecule is CSc1ccc(N2C(=O)C(=O)C(C(=O)CC(C)C)C2c2ccccc2OC(C)C)cc1. The van der Waals surface area contributed by atoms with Gasteiger partial charge in [0.15, 0.2) is 0 Å². The van der Waals surface area contributed by atoms with Crippen LogP contribution in [0, 0.1) is 11.8 Å². The first kappa shape index (κ1) is 23.1. The van der Waals surface area contributed by atoms with Crippen molar-refractivity contribution in [1.29, 1.82) is 0 Å². The van der Waals surface area contributed by atoms with E-state index in [1.165, 1.54) is 4.90 Å². The molecule has 0 bridgehead atoms. The highest BCUT2D eigenvalue weighted by Crippen LogP contribution is 2.44. The molecule has 1 amide bonds. The van der Waals surface area contributed by atoms with Crippen molar-refractivity contribution in [2.45, 2.75) is 51.2 Å². The van der Waals surface area contributed by atoms with E-state index in [2.05, 4.69) is 0 Å². The molecule has 2 aromatic rings. The number of ketones is 2. The molecule has 1 saturated heterocycles. The van der Waals surface area contributed by atoms with Gasteiger partial charge in [0, 0.05) is 22.6 Å². The van der Waals surface area contributed by atoms with E-state index in [9.17, 15) is 14.4 Å². The molecule has 31 heavy (non-hydrogen) atoms. The zero-order valence-corrected chi connectivity index (χ0v) is 19.4. The minimum Gasteiger partial charge on any atom is -0.491 e. The number of amides is 1. The normalized spacial score (nSPS) is 18.9. The molecule has 164 valence electrons. The van der Waals surface area contributed by atoms with E-state index in [1.54, 1.807) is 11.8 Å². The van der Waals surface area contributed by atoms with Gasteiger partial charge in [0.05, 0.1) is 12.1 Å². The molecular formula is C25H29NO4S. The van der Waals surface area contributed by atoms with Crippen molar-refractivity contribution in [3.63, 3.8) is 0 Å². The summed E-state index contributed by atoms with van der Waals surface area (Å²) in [6.07, 6.45) is 2.13. The molecule has 0 spiro atoms. The minimum atomic E-state index is -1.05. The number of para-hydroxylation sites is 1. The van der Waals surface area contributed by atoms with E-state index in [0.717, 1.165) is 4.90 Å². The van der Waals surface area contributed by atoms with Crippen LogP contribution in [0.5, 0.6) is 5.75 Å². The number of Topliss-reactive ketones (excluding diaryl/α,β-unsaturated/α-hetero) is 2. The van der Waals surface area contributed by atoms with Crippen LogP contribution >= 0.6 is 11.8 Å². The third kappa shape index (κ3) is 4.85. The van der Waals surface area contributed by atoms with Gasteiger partial charge in [-0.05, 0) is 56.4 Å². The number of anilines is 1. The van der Waals surface area contributed by atoms with Gasteiger partial charge in [0.25, 0.3) is 5.91 Å². The second-order valence-corrected chi connectivity index (χ2v) is 9.31. The highest BCUT2D eigenvalue weighted by atomic mass is 32.2. The van der Waals surface area contributed by atoms with Crippen molar-refractivity contribution in [3.05, 3.63) is 54.1 Å². The van der Waals surface area contributed by atoms with Crippen LogP contribution in [-0.4, -0.2) is 29.8 Å². The van der Waals surface area contributed by atoms with Crippen molar-refractivity contribution >= 4 is 34.9 Å². The Morgan fingerprint density at radius 1 is 1.03 bits per heavy atom. The standard InChI is InChI=1S/C25H29NO4S/c1-15(2)14-20(27)22-23(19-8-6-7-9-21(19)30-16(3)4)26(25(29)24(22)28)17-10-12-18(31-5)13-11-17/h6-13,15-16,22-23H,14H2,1-5H3. The van der Waals surface area contributed by atoms with Crippen LogP contribution in [0.25, 0.3) is 0 Å². The summed E-state index contributed by atoms with van der Waals surface area (Å²) in [5, 5.41) is 0. The number of carbonyl (C=O) groups is 3. The van der Waals surface area contributed by atoms with Gasteiger partial charge < -0.3 is 4.74 Å². The van der Waals surface area contributed by atoms with Gasteiger partial charge in [-0.25, -0.2) is 0 Å². The zero-order chi connectivity index (χ0) is 22.7. The van der Waals surface area contributed by atoms with E-state index < -0.39 is 23.7 Å². The first-order valence-corrected chi connectivity index (χ1v) is 11.8. The number of nitrogens with zero attached hydrogens (tertiary/aromatic N) is 1. The maximum Gasteiger partial charge on any atom is 0.295 e. The summed E-state index contributed by atoms with van der Waals surface area (Å²) < 4.78 is 5.99. The largest absolute Gasteiger partial charge is 0.491 e. The quantitative estimate of drug-likeness (QED) is 0.326. The van der Waals surface area contributed by atoms with Crippen LogP contribution in [0.4, 0.5) is 5.69 Å². The van der Waals surface area contributed by atoms with E-state index >= 15 is 0 Å². The van der Waals surface area contributed by atoms with E-state index in [-0.39, 0.29) is 24.2 Å². The Kier molecular flexibility index (Phi) is 7.21. The molecule has 6 heteroatoms. The van der Waals surface area contributed by atoms with Crippen molar-refractivity contribution in [2.24, 2.45) is 11.8 Å². The van der Waals surface area contributed by atoms with Gasteiger partial charge >= 0.3 is 0 Å². The first-order chi connectivity index (χ1) is 14.7. The molecule has 1 aliphatic rings. The van der Waals surface area contributed by atoms with Gasteiger partial charge in [-0.2, -0.15) is 0 Å². The lowest BCUT2D eigenvalue weighted by atomic mass is 9.85. The lowest BCUT2D eigenvalue weighted by Gasteiger charge is -2.29. The predicted molar refractivity (Wildman–Crippen MR) is 124 cm³/mol. The highest BCUT2D eigenvalue weighted by molar-refractivity contribution is 7.98. The van der Waals surface area contributed by atoms with Crippen molar-refractivity contribution in [2.75, 3.05) is 11.2 Å². The number of benzene rings is 2. The second kappa shape index (κ2) is 9.69. The summed E-state index contributed by atoms with van der Waals surface area (Å²) >= 11 is 1.60. The average Bonchev–Trinajstić information content (AvgIpc) is 2.98. The molecule has 0 radical (unpaired) electrons. The maximum atomic E-state index is 13.2. The van der Waals surface area contributed by atoms with Crippen molar-refractivity contribution in [1.82, 2.24) is 0 Å². The summed E-state index contributed by atoms with van der Waals surface area (Å²) in [5.41, 5.74) is 1.27. The maximum absolute atomic E-state index is 13.2. The fourth-order valence-corrected chi connectivity index (χ4v) is 4.36. The van der Waals surface area contributed by atoms with Crippen molar-refractivity contribution in [3.8, 4) is 5.75 Å². The molecule has 2 aromatic carbocycles. The molecule has 2 unspecified atom stereocenters. The Balaban J connectivity index is 2.16. The summed E-state index contributed by atoms with van der Waals surface area (Å²) in [6, 6.07) is 14.1. The van der Waals surface area contributed by atoms with E-state index in [4.69, 9.17) is 4.74 Å². The van der Waals surface area contributed by atoms with Gasteiger partial charge in [-0.3, -0.25) is 19.3 Å². The van der Waals surface area contributed by atoms with E-state index in [1.807, 2.05) is 82.5 Å². The highest BCUT2D eigenvalue weighted by Gasteiger charge is 2.52. The minimum absolute atomic E-state index is 0.0897. The topological polar surface area (TPSA) is 63.7 Å². The molecule has 0 aromatic heterocycles. The average molecular weight is 440 g/mol. The van der Waals surface area contributed by atoms with Gasteiger partial charge in [0.2, 0.25) is 5.78 Å². The van der Waals surface area contributed by atoms with Crippen molar-refractivity contribution < 1.29 is 19.1 Å².